The van der Waals surface area contributed by atoms with Gasteiger partial charge in [0.25, 0.3) is 0 Å². The number of carbonyl (C=O) groups is 1. The van der Waals surface area contributed by atoms with E-state index in [1.165, 1.54) is 25.8 Å². The summed E-state index contributed by atoms with van der Waals surface area (Å²) in [6.07, 6.45) is -4.40. The maximum Gasteiger partial charge on any atom is 0.311 e. The van der Waals surface area contributed by atoms with Gasteiger partial charge in [0.1, 0.15) is 48.8 Å². The highest BCUT2D eigenvalue weighted by molar-refractivity contribution is 5.73. The fourth-order valence-electron chi connectivity index (χ4n) is 11.2. The maximum absolute atomic E-state index is 14.9. The largest absolute Gasteiger partial charge is 0.459 e. The molecule has 418 valence electrons. The lowest BCUT2D eigenvalue weighted by Crippen LogP contribution is -2.59. The molecule has 0 aliphatic carbocycles. The van der Waals surface area contributed by atoms with E-state index in [1.807, 2.05) is 74.3 Å². The van der Waals surface area contributed by atoms with Crippen molar-refractivity contribution in [1.82, 2.24) is 34.6 Å². The molecule has 21 heteroatoms. The number of likely N-dealkylation sites (N-methyl/N-ethyl adjacent to an activating group) is 2. The molecule has 1 aromatic carbocycles. The quantitative estimate of drug-likeness (QED) is 0.128. The molecule has 3 fully saturated rings. The van der Waals surface area contributed by atoms with Crippen molar-refractivity contribution in [3.8, 4) is 5.69 Å². The molecule has 6 rings (SSSR count). The van der Waals surface area contributed by atoms with Crippen LogP contribution in [0.2, 0.25) is 0 Å². The number of rotatable bonds is 16. The summed E-state index contributed by atoms with van der Waals surface area (Å²) < 4.78 is 61.8. The number of alkyl halides is 1. The third-order valence-corrected chi connectivity index (χ3v) is 16.1. The van der Waals surface area contributed by atoms with Crippen molar-refractivity contribution in [2.75, 3.05) is 48.1 Å². The Hall–Kier alpha value is -3.55. The van der Waals surface area contributed by atoms with Crippen molar-refractivity contribution in [3.63, 3.8) is 0 Å². The monoisotopic (exact) mass is 1050 g/mol. The van der Waals surface area contributed by atoms with Gasteiger partial charge in [-0.15, -0.1) is 5.10 Å². The number of aromatic nitrogens is 5. The summed E-state index contributed by atoms with van der Waals surface area (Å²) in [6, 6.07) is 7.52. The van der Waals surface area contributed by atoms with Gasteiger partial charge in [-0.2, -0.15) is 5.10 Å². The van der Waals surface area contributed by atoms with Crippen LogP contribution in [0.3, 0.4) is 0 Å². The number of ether oxygens (including phenoxy) is 7. The van der Waals surface area contributed by atoms with Crippen molar-refractivity contribution in [2.45, 2.75) is 203 Å². The molecule has 0 bridgehead atoms. The number of hydrogen-bond acceptors (Lipinski definition) is 18. The first-order chi connectivity index (χ1) is 34.9. The van der Waals surface area contributed by atoms with Gasteiger partial charge in [0.2, 0.25) is 0 Å². The molecule has 2 aromatic heterocycles. The van der Waals surface area contributed by atoms with Gasteiger partial charge in [0.05, 0.1) is 52.9 Å². The van der Waals surface area contributed by atoms with Crippen LogP contribution in [0.1, 0.15) is 118 Å². The normalized spacial score (nSPS) is 38.2. The molecule has 20 nitrogen and oxygen atoms in total. The van der Waals surface area contributed by atoms with Crippen LogP contribution in [0, 0.1) is 11.8 Å². The Morgan fingerprint density at radius 3 is 2.30 bits per heavy atom. The average Bonchev–Trinajstić information content (AvgIpc) is 4.08. The second-order valence-electron chi connectivity index (χ2n) is 22.1. The van der Waals surface area contributed by atoms with Crippen molar-refractivity contribution >= 4 is 5.97 Å². The lowest BCUT2D eigenvalue weighted by molar-refractivity contribution is -0.308. The molecule has 3 aromatic rings. The van der Waals surface area contributed by atoms with Crippen LogP contribution in [0.5, 0.6) is 0 Å². The number of esters is 1. The summed E-state index contributed by atoms with van der Waals surface area (Å²) in [4.78, 5) is 18.3. The fourth-order valence-corrected chi connectivity index (χ4v) is 11.2. The number of aliphatic hydroxyl groups is 5. The Labute approximate surface area is 436 Å². The zero-order valence-corrected chi connectivity index (χ0v) is 45.7. The number of hydrogen-bond donors (Lipinski definition) is 5. The topological polar surface area (TPSA) is 238 Å². The molecular weight excluding hydrogens is 962 g/mol. The Kier molecular flexibility index (Phi) is 20.4. The minimum absolute atomic E-state index is 0.0909. The lowest BCUT2D eigenvalue weighted by atomic mass is 9.83. The molecule has 3 aliphatic rings. The van der Waals surface area contributed by atoms with Crippen molar-refractivity contribution < 1.29 is 67.9 Å². The van der Waals surface area contributed by atoms with Gasteiger partial charge >= 0.3 is 5.97 Å². The highest BCUT2D eigenvalue weighted by Gasteiger charge is 2.51. The first-order valence-corrected chi connectivity index (χ1v) is 26.2. The number of halogens is 1. The van der Waals surface area contributed by atoms with E-state index < -0.39 is 121 Å². The molecule has 0 radical (unpaired) electrons. The van der Waals surface area contributed by atoms with Crippen LogP contribution in [0.25, 0.3) is 5.69 Å². The van der Waals surface area contributed by atoms with Crippen LogP contribution in [0.4, 0.5) is 4.39 Å². The van der Waals surface area contributed by atoms with E-state index >= 15 is 0 Å². The van der Waals surface area contributed by atoms with Crippen LogP contribution in [-0.4, -0.2) is 204 Å². The smallest absolute Gasteiger partial charge is 0.311 e. The maximum atomic E-state index is 14.9. The molecular formula is C53H86FN7O13. The second kappa shape index (κ2) is 25.3. The molecule has 19 atom stereocenters. The predicted octanol–water partition coefficient (Wildman–Crippen LogP) is 3.94. The highest BCUT2D eigenvalue weighted by atomic mass is 19.1. The molecule has 0 spiro atoms. The Balaban J connectivity index is 1.23. The van der Waals surface area contributed by atoms with Gasteiger partial charge in [-0.25, -0.2) is 13.8 Å². The molecule has 3 saturated heterocycles. The Morgan fingerprint density at radius 2 is 1.68 bits per heavy atom. The number of methoxy groups -OCH3 is 2. The van der Waals surface area contributed by atoms with Crippen LogP contribution in [-0.2, 0) is 44.4 Å². The zero-order chi connectivity index (χ0) is 54.4. The van der Waals surface area contributed by atoms with Gasteiger partial charge in [-0.3, -0.25) is 4.79 Å². The summed E-state index contributed by atoms with van der Waals surface area (Å²) in [5.74, 6) is -1.99. The fraction of sp³-hybridized carbons (Fsp3) is 0.774. The van der Waals surface area contributed by atoms with E-state index in [4.69, 9.17) is 33.2 Å². The van der Waals surface area contributed by atoms with Gasteiger partial charge in [-0.1, -0.05) is 31.2 Å². The van der Waals surface area contributed by atoms with Gasteiger partial charge in [0.15, 0.2) is 12.6 Å². The molecule has 74 heavy (non-hydrogen) atoms. The van der Waals surface area contributed by atoms with E-state index in [1.54, 1.807) is 58.6 Å². The third-order valence-electron chi connectivity index (χ3n) is 16.1. The molecule has 0 saturated carbocycles. The summed E-state index contributed by atoms with van der Waals surface area (Å²) in [6.45, 7) is 15.7. The number of nitrogens with zero attached hydrogens (tertiary/aromatic N) is 7. The van der Waals surface area contributed by atoms with E-state index in [0.717, 1.165) is 11.3 Å². The number of benzene rings is 1. The minimum atomic E-state index is -1.84. The SMILES string of the molecule is CC[C@H]1OC(=O)[C@H](C)[C@@H](O[C@H]2C[C@@](C)(OC)[C@@H](O)[C@H](C)O2)C[C@@H](O[C@@H]2O[C@H](C)C[C@H](N(C)CCc3cn([C@H](CF)[C@H](OC)c4ccc(-n5cccn5)cc4)nn3)[C@H]2O)[C@](C)(O)C[C@@H](C)CN(C)[C@H](C)[C@@H](O)[C@]1(C)O. The average molecular weight is 1050 g/mol. The number of aliphatic hydroxyl groups excluding tert-OH is 3. The number of cyclic esters (lactones) is 1. The Morgan fingerprint density at radius 1 is 0.973 bits per heavy atom. The summed E-state index contributed by atoms with van der Waals surface area (Å²) in [5.41, 5.74) is -2.32. The molecule has 3 aliphatic heterocycles. The lowest BCUT2D eigenvalue weighted by Gasteiger charge is -2.47. The summed E-state index contributed by atoms with van der Waals surface area (Å²) in [5, 5.41) is 72.4. The van der Waals surface area contributed by atoms with Crippen LogP contribution >= 0.6 is 0 Å². The minimum Gasteiger partial charge on any atom is -0.459 e. The van der Waals surface area contributed by atoms with Gasteiger partial charge < -0.3 is 68.5 Å². The standard InChI is InChI=1S/C53H86FN7O13/c1-14-42-53(9,67)47(63)34(5)59(11)29-31(2)26-51(7,66)43(25-41(33(4)49(65)73-42)72-44-27-52(8,69-13)48(64)35(6)71-44)74-50-45(62)39(24-32(3)70-50)58(10)23-20-37-30-61(57-56-37)40(28-54)46(68-12)36-16-18-38(19-17-36)60-22-15-21-55-60/h15-19,21-22,30-35,39-48,50,62-64,66-67H,14,20,23-29H2,1-13H3/t31-,32-,33-,34-,35+,39+,40-,41+,42-,43-,44+,45-,46-,47-,48+,50+,51-,52-,53-/m1/s1. The molecule has 0 unspecified atom stereocenters. The summed E-state index contributed by atoms with van der Waals surface area (Å²) >= 11 is 0. The zero-order valence-electron chi connectivity index (χ0n) is 45.7. The van der Waals surface area contributed by atoms with Crippen molar-refractivity contribution in [1.29, 1.82) is 0 Å². The summed E-state index contributed by atoms with van der Waals surface area (Å²) in [7, 11) is 6.74. The van der Waals surface area contributed by atoms with E-state index in [-0.39, 0.29) is 31.6 Å². The van der Waals surface area contributed by atoms with E-state index in [0.29, 0.717) is 31.6 Å². The predicted molar refractivity (Wildman–Crippen MR) is 271 cm³/mol. The van der Waals surface area contributed by atoms with Crippen LogP contribution < -0.4 is 0 Å². The molecule has 0 amide bonds. The number of carbonyl (C=O) groups excluding carboxylic acids is 1. The van der Waals surface area contributed by atoms with E-state index in [2.05, 4.69) is 15.4 Å². The second-order valence-corrected chi connectivity index (χ2v) is 22.1. The highest BCUT2D eigenvalue weighted by Crippen LogP contribution is 2.39. The van der Waals surface area contributed by atoms with Crippen molar-refractivity contribution in [2.24, 2.45) is 11.8 Å². The van der Waals surface area contributed by atoms with E-state index in [9.17, 15) is 34.7 Å². The molecule has 5 heterocycles. The van der Waals surface area contributed by atoms with Gasteiger partial charge in [-0.05, 0) is 112 Å². The molecule has 5 N–H and O–H groups in total. The van der Waals surface area contributed by atoms with Crippen LogP contribution in [0.15, 0.2) is 48.9 Å². The first-order valence-electron chi connectivity index (χ1n) is 26.2. The third kappa shape index (κ3) is 13.8. The van der Waals surface area contributed by atoms with Gasteiger partial charge in [0, 0.05) is 77.2 Å². The Bertz CT molecular complexity index is 2190. The van der Waals surface area contributed by atoms with Crippen molar-refractivity contribution in [3.05, 3.63) is 60.2 Å². The first kappa shape index (κ1) is 59.7.